The summed E-state index contributed by atoms with van der Waals surface area (Å²) >= 11 is 2.10. The molecule has 0 atom stereocenters. The maximum Gasteiger partial charge on any atom is 0.00729 e. The van der Waals surface area contributed by atoms with E-state index in [2.05, 4.69) is 35.8 Å². The van der Waals surface area contributed by atoms with Crippen molar-refractivity contribution in [3.8, 4) is 0 Å². The second-order valence-electron chi connectivity index (χ2n) is 5.71. The van der Waals surface area contributed by atoms with Gasteiger partial charge in [0.2, 0.25) is 0 Å². The Morgan fingerprint density at radius 3 is 2.53 bits per heavy atom. The highest BCUT2D eigenvalue weighted by molar-refractivity contribution is 7.99. The van der Waals surface area contributed by atoms with Gasteiger partial charge in [-0.3, -0.25) is 0 Å². The van der Waals surface area contributed by atoms with E-state index in [0.717, 1.165) is 6.04 Å². The van der Waals surface area contributed by atoms with Crippen LogP contribution in [0.4, 0.5) is 0 Å². The molecule has 1 N–H and O–H groups in total. The summed E-state index contributed by atoms with van der Waals surface area (Å²) in [6.45, 7) is 9.80. The molecule has 0 aromatic rings. The number of hydrogen-bond donors (Lipinski definition) is 1. The van der Waals surface area contributed by atoms with Gasteiger partial charge in [-0.05, 0) is 18.3 Å². The average Bonchev–Trinajstić information content (AvgIpc) is 2.99. The Morgan fingerprint density at radius 2 is 1.93 bits per heavy atom. The van der Waals surface area contributed by atoms with Gasteiger partial charge in [0.05, 0.1) is 0 Å². The maximum absolute atomic E-state index is 3.65. The number of hydrogen-bond acceptors (Lipinski definition) is 3. The fourth-order valence-electron chi connectivity index (χ4n) is 2.13. The molecule has 1 aliphatic carbocycles. The predicted molar refractivity (Wildman–Crippen MR) is 68.6 cm³/mol. The SMILES string of the molecule is CC(C)(CNC1CC1)CN1CCSCC1. The van der Waals surface area contributed by atoms with Crippen LogP contribution in [-0.2, 0) is 0 Å². The van der Waals surface area contributed by atoms with E-state index in [1.54, 1.807) is 0 Å². The molecule has 88 valence electrons. The Bertz CT molecular complexity index is 196. The van der Waals surface area contributed by atoms with E-state index < -0.39 is 0 Å². The minimum absolute atomic E-state index is 0.435. The topological polar surface area (TPSA) is 15.3 Å². The Kier molecular flexibility index (Phi) is 3.97. The highest BCUT2D eigenvalue weighted by Crippen LogP contribution is 2.23. The van der Waals surface area contributed by atoms with Gasteiger partial charge in [0.15, 0.2) is 0 Å². The molecule has 0 radical (unpaired) electrons. The van der Waals surface area contributed by atoms with E-state index in [-0.39, 0.29) is 0 Å². The summed E-state index contributed by atoms with van der Waals surface area (Å²) in [5.41, 5.74) is 0.435. The zero-order valence-corrected chi connectivity index (χ0v) is 10.9. The number of thioether (sulfide) groups is 1. The Balaban J connectivity index is 1.69. The number of nitrogens with one attached hydrogen (secondary N) is 1. The van der Waals surface area contributed by atoms with Crippen LogP contribution in [0.5, 0.6) is 0 Å². The van der Waals surface area contributed by atoms with Crippen LogP contribution in [0.15, 0.2) is 0 Å². The fourth-order valence-corrected chi connectivity index (χ4v) is 3.11. The van der Waals surface area contributed by atoms with Crippen LogP contribution in [0, 0.1) is 5.41 Å². The molecular weight excluding hydrogens is 204 g/mol. The van der Waals surface area contributed by atoms with Crippen molar-refractivity contribution in [3.63, 3.8) is 0 Å². The largest absolute Gasteiger partial charge is 0.313 e. The van der Waals surface area contributed by atoms with Crippen molar-refractivity contribution in [2.75, 3.05) is 37.7 Å². The summed E-state index contributed by atoms with van der Waals surface area (Å²) in [4.78, 5) is 2.63. The van der Waals surface area contributed by atoms with Crippen molar-refractivity contribution in [2.45, 2.75) is 32.7 Å². The van der Waals surface area contributed by atoms with Gasteiger partial charge < -0.3 is 10.2 Å². The standard InChI is InChI=1S/C12H24N2S/c1-12(2,9-13-11-3-4-11)10-14-5-7-15-8-6-14/h11,13H,3-10H2,1-2H3. The molecule has 2 nitrogen and oxygen atoms in total. The zero-order chi connectivity index (χ0) is 10.7. The average molecular weight is 228 g/mol. The summed E-state index contributed by atoms with van der Waals surface area (Å²) in [5.74, 6) is 2.65. The van der Waals surface area contributed by atoms with Gasteiger partial charge in [-0.25, -0.2) is 0 Å². The van der Waals surface area contributed by atoms with Crippen LogP contribution in [0.2, 0.25) is 0 Å². The van der Waals surface area contributed by atoms with Crippen molar-refractivity contribution in [2.24, 2.45) is 5.41 Å². The Hall–Kier alpha value is 0.270. The summed E-state index contributed by atoms with van der Waals surface area (Å²) in [6, 6.07) is 0.848. The molecule has 3 heteroatoms. The quantitative estimate of drug-likeness (QED) is 0.773. The van der Waals surface area contributed by atoms with Crippen LogP contribution >= 0.6 is 11.8 Å². The van der Waals surface area contributed by atoms with Crippen molar-refractivity contribution in [1.82, 2.24) is 10.2 Å². The van der Waals surface area contributed by atoms with E-state index in [9.17, 15) is 0 Å². The Labute approximate surface area is 98.2 Å². The van der Waals surface area contributed by atoms with Gasteiger partial charge in [0, 0.05) is 43.7 Å². The van der Waals surface area contributed by atoms with Crippen molar-refractivity contribution in [1.29, 1.82) is 0 Å². The maximum atomic E-state index is 3.65. The highest BCUT2D eigenvalue weighted by Gasteiger charge is 2.27. The fraction of sp³-hybridized carbons (Fsp3) is 1.00. The molecule has 1 heterocycles. The van der Waals surface area contributed by atoms with Gasteiger partial charge in [-0.2, -0.15) is 11.8 Å². The number of rotatable bonds is 5. The zero-order valence-electron chi connectivity index (χ0n) is 10.1. The number of nitrogens with zero attached hydrogens (tertiary/aromatic N) is 1. The smallest absolute Gasteiger partial charge is 0.00729 e. The molecule has 1 aliphatic heterocycles. The lowest BCUT2D eigenvalue weighted by Crippen LogP contribution is -2.44. The van der Waals surface area contributed by atoms with E-state index in [1.165, 1.54) is 50.5 Å². The lowest BCUT2D eigenvalue weighted by molar-refractivity contribution is 0.187. The van der Waals surface area contributed by atoms with Gasteiger partial charge in [0.1, 0.15) is 0 Å². The third-order valence-electron chi connectivity index (χ3n) is 3.20. The van der Waals surface area contributed by atoms with Gasteiger partial charge in [-0.15, -0.1) is 0 Å². The summed E-state index contributed by atoms with van der Waals surface area (Å²) in [7, 11) is 0. The van der Waals surface area contributed by atoms with E-state index >= 15 is 0 Å². The van der Waals surface area contributed by atoms with Crippen LogP contribution in [0.3, 0.4) is 0 Å². The monoisotopic (exact) mass is 228 g/mol. The van der Waals surface area contributed by atoms with Gasteiger partial charge in [0.25, 0.3) is 0 Å². The van der Waals surface area contributed by atoms with E-state index in [4.69, 9.17) is 0 Å². The first-order chi connectivity index (χ1) is 7.16. The summed E-state index contributed by atoms with van der Waals surface area (Å²) in [6.07, 6.45) is 2.80. The van der Waals surface area contributed by atoms with E-state index in [0.29, 0.717) is 5.41 Å². The Morgan fingerprint density at radius 1 is 1.27 bits per heavy atom. The van der Waals surface area contributed by atoms with Gasteiger partial charge >= 0.3 is 0 Å². The minimum Gasteiger partial charge on any atom is -0.313 e. The summed E-state index contributed by atoms with van der Waals surface area (Å²) < 4.78 is 0. The first kappa shape index (κ1) is 11.7. The van der Waals surface area contributed by atoms with Crippen LogP contribution in [0.1, 0.15) is 26.7 Å². The molecule has 0 aromatic carbocycles. The van der Waals surface area contributed by atoms with Crippen LogP contribution < -0.4 is 5.32 Å². The highest BCUT2D eigenvalue weighted by atomic mass is 32.2. The van der Waals surface area contributed by atoms with Crippen molar-refractivity contribution < 1.29 is 0 Å². The minimum atomic E-state index is 0.435. The molecule has 0 amide bonds. The second-order valence-corrected chi connectivity index (χ2v) is 6.93. The van der Waals surface area contributed by atoms with Gasteiger partial charge in [-0.1, -0.05) is 13.8 Å². The second kappa shape index (κ2) is 5.07. The third kappa shape index (κ3) is 4.33. The predicted octanol–water partition coefficient (Wildman–Crippen LogP) is 1.81. The molecule has 0 bridgehead atoms. The molecule has 0 unspecified atom stereocenters. The molecule has 15 heavy (non-hydrogen) atoms. The molecule has 2 aliphatic rings. The lowest BCUT2D eigenvalue weighted by Gasteiger charge is -2.35. The molecule has 1 saturated heterocycles. The first-order valence-electron chi connectivity index (χ1n) is 6.19. The van der Waals surface area contributed by atoms with Crippen molar-refractivity contribution in [3.05, 3.63) is 0 Å². The molecule has 0 aromatic heterocycles. The van der Waals surface area contributed by atoms with Crippen LogP contribution in [0.25, 0.3) is 0 Å². The normalized spacial score (nSPS) is 24.4. The summed E-state index contributed by atoms with van der Waals surface area (Å²) in [5, 5.41) is 3.65. The van der Waals surface area contributed by atoms with E-state index in [1.807, 2.05) is 0 Å². The lowest BCUT2D eigenvalue weighted by atomic mass is 9.92. The third-order valence-corrected chi connectivity index (χ3v) is 4.14. The first-order valence-corrected chi connectivity index (χ1v) is 7.35. The molecule has 0 spiro atoms. The molecular formula is C12H24N2S. The molecule has 2 fully saturated rings. The molecule has 1 saturated carbocycles. The molecule has 2 rings (SSSR count). The van der Waals surface area contributed by atoms with Crippen LogP contribution in [-0.4, -0.2) is 48.6 Å². The van der Waals surface area contributed by atoms with Crippen molar-refractivity contribution >= 4 is 11.8 Å².